The molecule has 2 unspecified atom stereocenters. The Bertz CT molecular complexity index is 952. The van der Waals surface area contributed by atoms with Gasteiger partial charge in [0, 0.05) is 25.7 Å². The molecule has 4 rings (SSSR count). The average molecular weight is 1280 g/mol. The number of hydrogen-bond donors (Lipinski definition) is 0. The smallest absolute Gasteiger partial charge is 0.133 e. The van der Waals surface area contributed by atoms with Crippen LogP contribution in [0.1, 0.15) is 61.5 Å². The first-order valence-corrected chi connectivity index (χ1v) is 47.8. The van der Waals surface area contributed by atoms with Crippen LogP contribution in [-0.2, 0) is 9.59 Å². The summed E-state index contributed by atoms with van der Waals surface area (Å²) >= 11 is 11.4. The van der Waals surface area contributed by atoms with Gasteiger partial charge in [-0.1, -0.05) is 0 Å². The molecule has 2 aliphatic carbocycles. The van der Waals surface area contributed by atoms with Gasteiger partial charge in [0.15, 0.2) is 0 Å². The number of benzene rings is 2. The van der Waals surface area contributed by atoms with Gasteiger partial charge in [-0.2, -0.15) is 0 Å². The standard InChI is InChI=1S/2C11H10F2O.I7/c2*12-8-2-4-11(13)10(6-8)7-1-3-9(14)5-7;1-5-7(4)6(2)3/h2*2,4,6-7H,1,3,5H2;/q;;-1. The molecule has 0 radical (unpaired) electrons. The van der Waals surface area contributed by atoms with Gasteiger partial charge in [-0.15, -0.1) is 0 Å². The molecule has 0 heterocycles. The third kappa shape index (κ3) is 11.9. The molecule has 35 heavy (non-hydrogen) atoms. The van der Waals surface area contributed by atoms with E-state index in [1.807, 2.05) is 0 Å². The number of hydrogen-bond acceptors (Lipinski definition) is 2. The van der Waals surface area contributed by atoms with Crippen molar-refractivity contribution in [1.82, 2.24) is 0 Å². The van der Waals surface area contributed by atoms with Crippen molar-refractivity contribution in [2.24, 2.45) is 0 Å². The van der Waals surface area contributed by atoms with E-state index in [1.165, 1.54) is 12.1 Å². The fourth-order valence-electron chi connectivity index (χ4n) is 3.83. The number of carbonyl (C=O) groups is 2. The van der Waals surface area contributed by atoms with Crippen molar-refractivity contribution >= 4 is 102 Å². The second kappa shape index (κ2) is 17.4. The summed E-state index contributed by atoms with van der Waals surface area (Å²) in [4.78, 5) is 22.0. The fraction of sp³-hybridized carbons (Fsp3) is 0.364. The number of carbonyl (C=O) groups excluding carboxylic acids is 2. The van der Waals surface area contributed by atoms with Gasteiger partial charge in [0.1, 0.15) is 34.8 Å². The molecule has 2 atom stereocenters. The molecule has 2 aliphatic rings. The first-order valence-electron chi connectivity index (χ1n) is 10.1. The largest absolute Gasteiger partial charge is 0.300 e. The molecule has 0 amide bonds. The molecule has 0 saturated heterocycles. The van der Waals surface area contributed by atoms with Crippen LogP contribution in [0.25, 0.3) is 0 Å². The van der Waals surface area contributed by atoms with Gasteiger partial charge in [0.25, 0.3) is 0 Å². The zero-order chi connectivity index (χ0) is 26.1. The predicted molar refractivity (Wildman–Crippen MR) is 180 cm³/mol. The van der Waals surface area contributed by atoms with Crippen molar-refractivity contribution in [3.05, 3.63) is 70.8 Å². The van der Waals surface area contributed by atoms with E-state index in [9.17, 15) is 27.2 Å². The van der Waals surface area contributed by atoms with Crippen LogP contribution in [-0.4, -0.2) is 11.6 Å². The third-order valence-electron chi connectivity index (χ3n) is 5.41. The van der Waals surface area contributed by atoms with Gasteiger partial charge in [-0.3, -0.25) is 9.59 Å². The van der Waals surface area contributed by atoms with Crippen LogP contribution in [0.4, 0.5) is 17.6 Å². The van der Waals surface area contributed by atoms with Crippen LogP contribution in [0.15, 0.2) is 36.4 Å². The van der Waals surface area contributed by atoms with Crippen molar-refractivity contribution in [3.63, 3.8) is 0 Å². The molecule has 0 N–H and O–H groups in total. The Labute approximate surface area is 258 Å². The average Bonchev–Trinajstić information content (AvgIpc) is 3.45. The van der Waals surface area contributed by atoms with E-state index < -0.39 is 23.3 Å². The Morgan fingerprint density at radius 3 is 1.40 bits per heavy atom. The van der Waals surface area contributed by atoms with E-state index in [0.29, 0.717) is 62.9 Å². The maximum Gasteiger partial charge on any atom is 0.133 e. The Kier molecular flexibility index (Phi) is 16.8. The summed E-state index contributed by atoms with van der Waals surface area (Å²) in [6.45, 7) is 0. The van der Waals surface area contributed by atoms with E-state index in [2.05, 4.69) is 74.5 Å². The molecule has 2 fully saturated rings. The molecule has 198 valence electrons. The zero-order valence-corrected chi connectivity index (χ0v) is 32.9. The summed E-state index contributed by atoms with van der Waals surface area (Å²) in [6, 6.07) is 6.81. The molecule has 0 aromatic heterocycles. The maximum atomic E-state index is 13.3. The van der Waals surface area contributed by atoms with Gasteiger partial charge in [0.05, 0.1) is 0 Å². The normalized spacial score (nSPS) is 20.1. The number of Topliss-reactive ketones (excluding diaryl/α,β-unsaturated/α-hetero) is 2. The molecule has 0 bridgehead atoms. The zero-order valence-electron chi connectivity index (χ0n) is 17.8. The Morgan fingerprint density at radius 1 is 0.743 bits per heavy atom. The van der Waals surface area contributed by atoms with Crippen molar-refractivity contribution in [2.75, 3.05) is 0 Å². The molecular weight excluding hydrogens is 1260 g/mol. The Hall–Kier alpha value is 2.61. The molecule has 2 saturated carbocycles. The van der Waals surface area contributed by atoms with Crippen LogP contribution >= 0.6 is 90.3 Å². The van der Waals surface area contributed by atoms with Crippen LogP contribution in [0.2, 0.25) is 0 Å². The van der Waals surface area contributed by atoms with Crippen molar-refractivity contribution in [3.8, 4) is 0 Å². The van der Waals surface area contributed by atoms with Gasteiger partial charge in [0.2, 0.25) is 0 Å². The Balaban J connectivity index is 0.000000197. The summed E-state index contributed by atoms with van der Waals surface area (Å²) in [5.74, 6) is -1.69. The summed E-state index contributed by atoms with van der Waals surface area (Å²) in [6.07, 6.45) is 2.94. The van der Waals surface area contributed by atoms with Crippen molar-refractivity contribution in [2.45, 2.75) is 50.4 Å². The molecule has 2 aromatic carbocycles. The third-order valence-corrected chi connectivity index (χ3v) is 253. The SMILES string of the molecule is I[I-]I(I)I(I)I.O=C1CCC(c2cc(F)ccc2F)C1.O=C1CCC(c2cc(F)ccc2F)C1. The summed E-state index contributed by atoms with van der Waals surface area (Å²) < 4.78 is 52.2. The van der Waals surface area contributed by atoms with E-state index in [0.717, 1.165) is 24.3 Å². The number of ketones is 2. The van der Waals surface area contributed by atoms with Crippen LogP contribution in [0.3, 0.4) is 0 Å². The second-order valence-corrected chi connectivity index (χ2v) is 121. The van der Waals surface area contributed by atoms with Crippen LogP contribution in [0.5, 0.6) is 0 Å². The molecule has 0 spiro atoms. The predicted octanol–water partition coefficient (Wildman–Crippen LogP) is 7.92. The summed E-state index contributed by atoms with van der Waals surface area (Å²) in [5, 5.41) is 0. The van der Waals surface area contributed by atoms with E-state index in [1.54, 1.807) is 0 Å². The second-order valence-electron chi connectivity index (χ2n) is 7.67. The first kappa shape index (κ1) is 33.8. The van der Waals surface area contributed by atoms with E-state index in [-0.39, 0.29) is 39.2 Å². The molecule has 2 aromatic rings. The van der Waals surface area contributed by atoms with Crippen molar-refractivity contribution in [1.29, 1.82) is 0 Å². The monoisotopic (exact) mass is 1280 g/mol. The van der Waals surface area contributed by atoms with E-state index in [4.69, 9.17) is 0 Å². The minimum atomic E-state index is -0.444. The minimum absolute atomic E-state index is 0.127. The minimum Gasteiger partial charge on any atom is -0.300 e. The van der Waals surface area contributed by atoms with Gasteiger partial charge < -0.3 is 0 Å². The fourth-order valence-corrected chi connectivity index (χ4v) is 213. The van der Waals surface area contributed by atoms with Crippen molar-refractivity contribution < 1.29 is 40.4 Å². The van der Waals surface area contributed by atoms with Gasteiger partial charge in [-0.25, -0.2) is 17.6 Å². The van der Waals surface area contributed by atoms with Crippen LogP contribution < -0.4 is 13.3 Å². The molecule has 13 heteroatoms. The van der Waals surface area contributed by atoms with Gasteiger partial charge in [-0.05, 0) is 72.2 Å². The van der Waals surface area contributed by atoms with E-state index >= 15 is 0 Å². The van der Waals surface area contributed by atoms with Gasteiger partial charge >= 0.3 is 104 Å². The number of halogens is 11. The summed E-state index contributed by atoms with van der Waals surface area (Å²) in [5.41, 5.74) is 0.687. The molecular formula is C22H20F4I7O2-. The topological polar surface area (TPSA) is 34.1 Å². The Morgan fingerprint density at radius 2 is 1.14 bits per heavy atom. The molecule has 2 nitrogen and oxygen atoms in total. The first-order chi connectivity index (χ1) is 16.5. The maximum absolute atomic E-state index is 13.3. The van der Waals surface area contributed by atoms with Crippen LogP contribution in [0, 0.1) is 23.3 Å². The number of rotatable bonds is 4. The quantitative estimate of drug-likeness (QED) is 0.231. The molecule has 0 aliphatic heterocycles. The summed E-state index contributed by atoms with van der Waals surface area (Å²) in [7, 11) is -0.491.